The van der Waals surface area contributed by atoms with Crippen molar-refractivity contribution in [3.05, 3.63) is 47.6 Å². The van der Waals surface area contributed by atoms with E-state index >= 15 is 0 Å². The average molecular weight is 226 g/mol. The Morgan fingerprint density at radius 3 is 2.75 bits per heavy atom. The lowest BCUT2D eigenvalue weighted by molar-refractivity contribution is 1.37. The first kappa shape index (κ1) is 9.48. The van der Waals surface area contributed by atoms with E-state index in [1.54, 1.807) is 11.3 Å². The smallest absolute Gasteiger partial charge is 0.124 e. The van der Waals surface area contributed by atoms with Crippen LogP contribution in [0.1, 0.15) is 4.88 Å². The maximum Gasteiger partial charge on any atom is 0.124 e. The molecular weight excluding hydrogens is 216 g/mol. The molecule has 0 saturated heterocycles. The Kier molecular flexibility index (Phi) is 2.18. The molecule has 2 aromatic heterocycles. The van der Waals surface area contributed by atoms with E-state index < -0.39 is 0 Å². The fourth-order valence-electron chi connectivity index (χ4n) is 1.76. The Bertz CT molecular complexity index is 638. The van der Waals surface area contributed by atoms with Gasteiger partial charge < -0.3 is 0 Å². The summed E-state index contributed by atoms with van der Waals surface area (Å²) in [6.07, 6.45) is 3.75. The molecule has 0 bridgehead atoms. The van der Waals surface area contributed by atoms with Crippen LogP contribution in [0.3, 0.4) is 0 Å². The number of fused-ring (bicyclic) bond motifs is 1. The van der Waals surface area contributed by atoms with E-state index in [0.29, 0.717) is 0 Å². The Morgan fingerprint density at radius 2 is 1.94 bits per heavy atom. The molecular formula is C13H10N2S. The van der Waals surface area contributed by atoms with Crippen molar-refractivity contribution < 1.29 is 0 Å². The lowest BCUT2D eigenvalue weighted by atomic mass is 10.1. The van der Waals surface area contributed by atoms with Crippen molar-refractivity contribution in [2.45, 2.75) is 6.92 Å². The fourth-order valence-corrected chi connectivity index (χ4v) is 2.57. The normalized spacial score (nSPS) is 10.8. The van der Waals surface area contributed by atoms with Gasteiger partial charge >= 0.3 is 0 Å². The maximum absolute atomic E-state index is 4.43. The van der Waals surface area contributed by atoms with E-state index in [0.717, 1.165) is 10.5 Å². The Hall–Kier alpha value is -1.74. The third kappa shape index (κ3) is 1.49. The van der Waals surface area contributed by atoms with Gasteiger partial charge in [0.2, 0.25) is 0 Å². The lowest BCUT2D eigenvalue weighted by Gasteiger charge is -2.01. The zero-order valence-corrected chi connectivity index (χ0v) is 9.66. The number of thiazole rings is 1. The van der Waals surface area contributed by atoms with Crippen molar-refractivity contribution in [1.82, 2.24) is 9.97 Å². The minimum absolute atomic E-state index is 1.02. The molecule has 3 aromatic rings. The molecule has 0 aliphatic heterocycles. The van der Waals surface area contributed by atoms with Crippen LogP contribution in [0.15, 0.2) is 42.7 Å². The molecule has 78 valence electrons. The van der Waals surface area contributed by atoms with Crippen molar-refractivity contribution in [1.29, 1.82) is 0 Å². The van der Waals surface area contributed by atoms with Crippen molar-refractivity contribution in [3.8, 4) is 10.6 Å². The molecule has 0 fully saturated rings. The molecule has 1 aromatic carbocycles. The van der Waals surface area contributed by atoms with Crippen LogP contribution in [-0.4, -0.2) is 9.97 Å². The molecule has 0 saturated carbocycles. The highest BCUT2D eigenvalue weighted by molar-refractivity contribution is 7.15. The van der Waals surface area contributed by atoms with Gasteiger partial charge in [0, 0.05) is 28.2 Å². The maximum atomic E-state index is 4.43. The number of pyridine rings is 1. The van der Waals surface area contributed by atoms with Gasteiger partial charge in [0.15, 0.2) is 0 Å². The number of nitrogens with zero attached hydrogens (tertiary/aromatic N) is 2. The van der Waals surface area contributed by atoms with Gasteiger partial charge in [-0.2, -0.15) is 0 Å². The number of hydrogen-bond acceptors (Lipinski definition) is 3. The second-order valence-electron chi connectivity index (χ2n) is 3.65. The minimum atomic E-state index is 1.02. The molecule has 0 unspecified atom stereocenters. The van der Waals surface area contributed by atoms with Crippen molar-refractivity contribution in [3.63, 3.8) is 0 Å². The largest absolute Gasteiger partial charge is 0.256 e. The first-order chi connectivity index (χ1) is 7.84. The van der Waals surface area contributed by atoms with Gasteiger partial charge in [-0.3, -0.25) is 4.98 Å². The molecule has 0 spiro atoms. The topological polar surface area (TPSA) is 25.8 Å². The summed E-state index contributed by atoms with van der Waals surface area (Å²) in [6, 6.07) is 10.2. The third-order valence-corrected chi connectivity index (χ3v) is 3.45. The first-order valence-corrected chi connectivity index (χ1v) is 5.93. The summed E-state index contributed by atoms with van der Waals surface area (Å²) < 4.78 is 0. The molecule has 2 heterocycles. The summed E-state index contributed by atoms with van der Waals surface area (Å²) in [7, 11) is 0. The number of benzene rings is 1. The average Bonchev–Trinajstić information content (AvgIpc) is 2.75. The summed E-state index contributed by atoms with van der Waals surface area (Å²) in [5.74, 6) is 0. The number of aromatic nitrogens is 2. The van der Waals surface area contributed by atoms with Crippen LogP contribution in [0.25, 0.3) is 21.5 Å². The number of hydrogen-bond donors (Lipinski definition) is 0. The fraction of sp³-hybridized carbons (Fsp3) is 0.0769. The molecule has 3 heteroatoms. The number of rotatable bonds is 1. The van der Waals surface area contributed by atoms with Crippen LogP contribution < -0.4 is 0 Å². The summed E-state index contributed by atoms with van der Waals surface area (Å²) in [4.78, 5) is 10.0. The van der Waals surface area contributed by atoms with Crippen LogP contribution in [0, 0.1) is 6.92 Å². The second kappa shape index (κ2) is 3.68. The van der Waals surface area contributed by atoms with E-state index in [2.05, 4.69) is 23.0 Å². The predicted octanol–water partition coefficient (Wildman–Crippen LogP) is 3.67. The highest BCUT2D eigenvalue weighted by Gasteiger charge is 2.06. The van der Waals surface area contributed by atoms with E-state index in [-0.39, 0.29) is 0 Å². The quantitative estimate of drug-likeness (QED) is 0.632. The monoisotopic (exact) mass is 226 g/mol. The Balaban J connectivity index is 2.31. The molecule has 0 aliphatic rings. The van der Waals surface area contributed by atoms with Crippen LogP contribution in [-0.2, 0) is 0 Å². The van der Waals surface area contributed by atoms with Crippen molar-refractivity contribution >= 4 is 22.2 Å². The van der Waals surface area contributed by atoms with E-state index in [1.165, 1.54) is 15.8 Å². The van der Waals surface area contributed by atoms with Crippen LogP contribution in [0.2, 0.25) is 0 Å². The summed E-state index contributed by atoms with van der Waals surface area (Å²) in [5.41, 5.74) is 2.19. The standard InChI is InChI=1S/C13H10N2S/c1-9-8-15-13(16-9)11-6-7-14-12-5-3-2-4-10(11)12/h2-8H,1H3. The van der Waals surface area contributed by atoms with E-state index in [9.17, 15) is 0 Å². The number of aryl methyl sites for hydroxylation is 1. The van der Waals surface area contributed by atoms with Crippen LogP contribution >= 0.6 is 11.3 Å². The van der Waals surface area contributed by atoms with Crippen molar-refractivity contribution in [2.24, 2.45) is 0 Å². The highest BCUT2D eigenvalue weighted by Crippen LogP contribution is 2.30. The van der Waals surface area contributed by atoms with Gasteiger partial charge in [-0.05, 0) is 19.1 Å². The zero-order chi connectivity index (χ0) is 11.0. The lowest BCUT2D eigenvalue weighted by Crippen LogP contribution is -1.82. The summed E-state index contributed by atoms with van der Waals surface area (Å²) >= 11 is 1.72. The molecule has 3 rings (SSSR count). The van der Waals surface area contributed by atoms with Crippen LogP contribution in [0.5, 0.6) is 0 Å². The predicted molar refractivity (Wildman–Crippen MR) is 67.6 cm³/mol. The van der Waals surface area contributed by atoms with Gasteiger partial charge in [0.1, 0.15) is 5.01 Å². The molecule has 0 radical (unpaired) electrons. The van der Waals surface area contributed by atoms with Gasteiger partial charge in [-0.15, -0.1) is 11.3 Å². The molecule has 16 heavy (non-hydrogen) atoms. The van der Waals surface area contributed by atoms with Gasteiger partial charge in [-0.1, -0.05) is 18.2 Å². The van der Waals surface area contributed by atoms with Crippen LogP contribution in [0.4, 0.5) is 0 Å². The van der Waals surface area contributed by atoms with Gasteiger partial charge in [0.25, 0.3) is 0 Å². The minimum Gasteiger partial charge on any atom is -0.256 e. The van der Waals surface area contributed by atoms with E-state index in [1.807, 2.05) is 36.7 Å². The molecule has 0 atom stereocenters. The van der Waals surface area contributed by atoms with E-state index in [4.69, 9.17) is 0 Å². The molecule has 2 nitrogen and oxygen atoms in total. The molecule has 0 aliphatic carbocycles. The SMILES string of the molecule is Cc1cnc(-c2ccnc3ccccc23)s1. The van der Waals surface area contributed by atoms with Crippen molar-refractivity contribution in [2.75, 3.05) is 0 Å². The third-order valence-electron chi connectivity index (χ3n) is 2.50. The molecule has 0 amide bonds. The van der Waals surface area contributed by atoms with Gasteiger partial charge in [0.05, 0.1) is 5.52 Å². The highest BCUT2D eigenvalue weighted by atomic mass is 32.1. The van der Waals surface area contributed by atoms with Gasteiger partial charge in [-0.25, -0.2) is 4.98 Å². The number of para-hydroxylation sites is 1. The Morgan fingerprint density at radius 1 is 1.06 bits per heavy atom. The second-order valence-corrected chi connectivity index (χ2v) is 4.89. The molecule has 0 N–H and O–H groups in total. The summed E-state index contributed by atoms with van der Waals surface area (Å²) in [5, 5.41) is 2.23. The summed E-state index contributed by atoms with van der Waals surface area (Å²) in [6.45, 7) is 2.07. The Labute approximate surface area is 97.6 Å². The zero-order valence-electron chi connectivity index (χ0n) is 8.84. The first-order valence-electron chi connectivity index (χ1n) is 5.11.